The largest absolute Gasteiger partial charge is 0.476 e. The number of rotatable bonds is 7. The third-order valence-corrected chi connectivity index (χ3v) is 7.87. The Morgan fingerprint density at radius 1 is 1.15 bits per heavy atom. The van der Waals surface area contributed by atoms with Crippen LogP contribution in [-0.2, 0) is 22.6 Å². The average molecular weight is 546 g/mol. The fourth-order valence-electron chi connectivity index (χ4n) is 4.40. The van der Waals surface area contributed by atoms with Crippen LogP contribution in [0.1, 0.15) is 42.4 Å². The first-order valence-electron chi connectivity index (χ1n) is 12.8. The van der Waals surface area contributed by atoms with Crippen LogP contribution in [0, 0.1) is 0 Å². The minimum Gasteiger partial charge on any atom is -0.476 e. The van der Waals surface area contributed by atoms with Crippen LogP contribution in [0.3, 0.4) is 0 Å². The molecule has 1 aliphatic rings. The minimum atomic E-state index is -1.03. The Kier molecular flexibility index (Phi) is 6.90. The second-order valence-corrected chi connectivity index (χ2v) is 11.3. The third kappa shape index (κ3) is 5.24. The van der Waals surface area contributed by atoms with Gasteiger partial charge in [-0.15, -0.1) is 11.3 Å². The molecular formula is C29H31N5O4S. The number of nitrogens with zero attached hydrogens (tertiary/aromatic N) is 3. The summed E-state index contributed by atoms with van der Waals surface area (Å²) < 4.78 is 7.77. The van der Waals surface area contributed by atoms with Gasteiger partial charge in [0.05, 0.1) is 21.6 Å². The van der Waals surface area contributed by atoms with Gasteiger partial charge in [0.1, 0.15) is 5.75 Å². The molecule has 10 heteroatoms. The first-order valence-corrected chi connectivity index (χ1v) is 13.6. The molecule has 0 fully saturated rings. The van der Waals surface area contributed by atoms with Crippen LogP contribution in [-0.4, -0.2) is 51.9 Å². The van der Waals surface area contributed by atoms with Gasteiger partial charge in [-0.05, 0) is 49.6 Å². The van der Waals surface area contributed by atoms with Crippen LogP contribution in [0.5, 0.6) is 5.75 Å². The van der Waals surface area contributed by atoms with Crippen molar-refractivity contribution in [2.75, 3.05) is 24.7 Å². The predicted octanol–water partition coefficient (Wildman–Crippen LogP) is 5.17. The molecule has 0 saturated carbocycles. The van der Waals surface area contributed by atoms with Crippen molar-refractivity contribution in [2.45, 2.75) is 45.8 Å². The zero-order valence-electron chi connectivity index (χ0n) is 22.6. The highest BCUT2D eigenvalue weighted by Crippen LogP contribution is 2.38. The molecule has 2 aromatic heterocycles. The predicted molar refractivity (Wildman–Crippen MR) is 153 cm³/mol. The summed E-state index contributed by atoms with van der Waals surface area (Å²) in [6.45, 7) is 5.81. The van der Waals surface area contributed by atoms with E-state index in [4.69, 9.17) is 4.74 Å². The number of imidazole rings is 1. The van der Waals surface area contributed by atoms with Crippen molar-refractivity contribution in [1.82, 2.24) is 14.5 Å². The Labute approximate surface area is 230 Å². The highest BCUT2D eigenvalue weighted by atomic mass is 32.1. The monoisotopic (exact) mass is 545 g/mol. The van der Waals surface area contributed by atoms with Crippen molar-refractivity contribution in [3.8, 4) is 16.2 Å². The number of nitrogens with one attached hydrogen (secondary N) is 2. The van der Waals surface area contributed by atoms with E-state index in [-0.39, 0.29) is 24.1 Å². The van der Waals surface area contributed by atoms with E-state index in [0.717, 1.165) is 16.9 Å². The highest BCUT2D eigenvalue weighted by Gasteiger charge is 2.36. The minimum absolute atomic E-state index is 0.0473. The summed E-state index contributed by atoms with van der Waals surface area (Å²) in [5.74, 6) is 0.231. The topological polar surface area (TPSA) is 106 Å². The molecular weight excluding hydrogens is 514 g/mol. The quantitative estimate of drug-likeness (QED) is 0.333. The van der Waals surface area contributed by atoms with Gasteiger partial charge in [-0.1, -0.05) is 31.2 Å². The molecule has 0 atom stereocenters. The molecule has 0 radical (unpaired) electrons. The Balaban J connectivity index is 1.48. The van der Waals surface area contributed by atoms with Crippen LogP contribution in [0.2, 0.25) is 0 Å². The second kappa shape index (κ2) is 10.2. The van der Waals surface area contributed by atoms with Crippen LogP contribution in [0.25, 0.3) is 21.5 Å². The maximum absolute atomic E-state index is 13.3. The SMILES string of the molecule is CCc1cccc(-c2ccc(C(=O)Nc3nc4cc5c(cc4n3CCC(=O)N(C)C)OC(C)(C)C(=O)N5)s2)c1. The molecule has 3 heterocycles. The van der Waals surface area contributed by atoms with E-state index in [2.05, 4.69) is 34.7 Å². The van der Waals surface area contributed by atoms with Crippen LogP contribution < -0.4 is 15.4 Å². The Hall–Kier alpha value is -4.18. The number of thiophene rings is 1. The van der Waals surface area contributed by atoms with E-state index >= 15 is 0 Å². The maximum atomic E-state index is 13.3. The van der Waals surface area contributed by atoms with Crippen molar-refractivity contribution in [2.24, 2.45) is 0 Å². The van der Waals surface area contributed by atoms with Gasteiger partial charge < -0.3 is 19.5 Å². The number of hydrogen-bond donors (Lipinski definition) is 2. The number of carbonyl (C=O) groups is 3. The summed E-state index contributed by atoms with van der Waals surface area (Å²) in [7, 11) is 3.41. The van der Waals surface area contributed by atoms with E-state index in [1.165, 1.54) is 21.8 Å². The Bertz CT molecular complexity index is 1600. The molecule has 4 aromatic rings. The highest BCUT2D eigenvalue weighted by molar-refractivity contribution is 7.17. The zero-order valence-corrected chi connectivity index (χ0v) is 23.4. The summed E-state index contributed by atoms with van der Waals surface area (Å²) in [5, 5.41) is 5.81. The number of fused-ring (bicyclic) bond motifs is 2. The summed E-state index contributed by atoms with van der Waals surface area (Å²) in [6.07, 6.45) is 1.16. The number of hydrogen-bond acceptors (Lipinski definition) is 6. The molecule has 0 bridgehead atoms. The first kappa shape index (κ1) is 26.4. The molecule has 202 valence electrons. The van der Waals surface area contributed by atoms with Gasteiger partial charge in [-0.3, -0.25) is 19.7 Å². The fourth-order valence-corrected chi connectivity index (χ4v) is 5.30. The van der Waals surface area contributed by atoms with E-state index in [1.54, 1.807) is 50.7 Å². The molecule has 39 heavy (non-hydrogen) atoms. The van der Waals surface area contributed by atoms with Crippen molar-refractivity contribution < 1.29 is 19.1 Å². The van der Waals surface area contributed by atoms with Crippen molar-refractivity contribution in [3.63, 3.8) is 0 Å². The molecule has 0 unspecified atom stereocenters. The van der Waals surface area contributed by atoms with E-state index in [0.29, 0.717) is 39.8 Å². The van der Waals surface area contributed by atoms with Crippen LogP contribution in [0.15, 0.2) is 48.5 Å². The number of aromatic nitrogens is 2. The molecule has 2 aromatic carbocycles. The van der Waals surface area contributed by atoms with Crippen molar-refractivity contribution in [1.29, 1.82) is 0 Å². The molecule has 0 spiro atoms. The molecule has 9 nitrogen and oxygen atoms in total. The van der Waals surface area contributed by atoms with Crippen molar-refractivity contribution in [3.05, 3.63) is 59.0 Å². The Morgan fingerprint density at radius 2 is 1.95 bits per heavy atom. The molecule has 2 N–H and O–H groups in total. The molecule has 3 amide bonds. The number of amides is 3. The summed E-state index contributed by atoms with van der Waals surface area (Å²) in [4.78, 5) is 45.9. The first-order chi connectivity index (χ1) is 18.6. The number of aryl methyl sites for hydroxylation is 2. The van der Waals surface area contributed by atoms with Gasteiger partial charge in [0.15, 0.2) is 5.60 Å². The average Bonchev–Trinajstić information content (AvgIpc) is 3.52. The van der Waals surface area contributed by atoms with E-state index in [9.17, 15) is 14.4 Å². The second-order valence-electron chi connectivity index (χ2n) is 10.2. The zero-order chi connectivity index (χ0) is 27.9. The van der Waals surface area contributed by atoms with E-state index in [1.807, 2.05) is 18.2 Å². The lowest BCUT2D eigenvalue weighted by molar-refractivity contribution is -0.130. The normalized spacial score (nSPS) is 13.9. The number of benzene rings is 2. The van der Waals surface area contributed by atoms with Gasteiger partial charge in [0.2, 0.25) is 11.9 Å². The summed E-state index contributed by atoms with van der Waals surface area (Å²) in [5.41, 5.74) is 3.04. The van der Waals surface area contributed by atoms with Gasteiger partial charge in [0.25, 0.3) is 11.8 Å². The summed E-state index contributed by atoms with van der Waals surface area (Å²) >= 11 is 1.41. The fraction of sp³-hybridized carbons (Fsp3) is 0.310. The lowest BCUT2D eigenvalue weighted by Crippen LogP contribution is -2.45. The van der Waals surface area contributed by atoms with Gasteiger partial charge in [-0.2, -0.15) is 0 Å². The van der Waals surface area contributed by atoms with E-state index < -0.39 is 5.60 Å². The number of ether oxygens (including phenoxy) is 1. The van der Waals surface area contributed by atoms with Crippen molar-refractivity contribution >= 4 is 51.7 Å². The molecule has 0 aliphatic carbocycles. The lowest BCUT2D eigenvalue weighted by atomic mass is 10.1. The summed E-state index contributed by atoms with van der Waals surface area (Å²) in [6, 6.07) is 15.6. The van der Waals surface area contributed by atoms with Gasteiger partial charge in [-0.25, -0.2) is 4.98 Å². The molecule has 1 aliphatic heterocycles. The Morgan fingerprint density at radius 3 is 2.69 bits per heavy atom. The van der Waals surface area contributed by atoms with Gasteiger partial charge >= 0.3 is 0 Å². The van der Waals surface area contributed by atoms with Gasteiger partial charge in [0, 0.05) is 38.0 Å². The smallest absolute Gasteiger partial charge is 0.268 e. The number of anilines is 2. The molecule has 0 saturated heterocycles. The van der Waals surface area contributed by atoms with Crippen LogP contribution >= 0.6 is 11.3 Å². The molecule has 5 rings (SSSR count). The number of carbonyl (C=O) groups excluding carboxylic acids is 3. The third-order valence-electron chi connectivity index (χ3n) is 6.73. The lowest BCUT2D eigenvalue weighted by Gasteiger charge is -2.31. The standard InChI is InChI=1S/C29H31N5O4S/c1-6-17-8-7-9-18(14-17)23-10-11-24(39-23)26(36)32-28-31-19-15-20-22(38-29(2,3)27(37)30-20)16-21(19)34(28)13-12-25(35)33(4)5/h7-11,14-16H,6,12-13H2,1-5H3,(H,30,37)(H,31,32,36). The maximum Gasteiger partial charge on any atom is 0.268 e. The van der Waals surface area contributed by atoms with Crippen LogP contribution in [0.4, 0.5) is 11.6 Å².